The van der Waals surface area contributed by atoms with E-state index < -0.39 is 0 Å². The molecule has 2 aromatic carbocycles. The van der Waals surface area contributed by atoms with Gasteiger partial charge >= 0.3 is 0 Å². The van der Waals surface area contributed by atoms with Crippen LogP contribution in [0.15, 0.2) is 64.8 Å². The zero-order valence-corrected chi connectivity index (χ0v) is 9.71. The molecule has 0 fully saturated rings. The Morgan fingerprint density at radius 3 is 2.35 bits per heavy atom. The third-order valence-electron chi connectivity index (χ3n) is 2.32. The Labute approximate surface area is 101 Å². The van der Waals surface area contributed by atoms with E-state index in [-0.39, 0.29) is 0 Å². The van der Waals surface area contributed by atoms with Gasteiger partial charge < -0.3 is 4.74 Å². The third-order valence-corrected chi connectivity index (χ3v) is 2.32. The molecule has 0 aliphatic carbocycles. The largest absolute Gasteiger partial charge is 0.380 e. The molecule has 86 valence electrons. The summed E-state index contributed by atoms with van der Waals surface area (Å²) in [7, 11) is 1.67. The highest BCUT2D eigenvalue weighted by atomic mass is 16.5. The van der Waals surface area contributed by atoms with Crippen LogP contribution in [0.4, 0.5) is 11.4 Å². The van der Waals surface area contributed by atoms with Crippen molar-refractivity contribution in [1.29, 1.82) is 0 Å². The molecule has 0 atom stereocenters. The zero-order chi connectivity index (χ0) is 11.9. The van der Waals surface area contributed by atoms with Crippen LogP contribution < -0.4 is 0 Å². The second-order valence-electron chi connectivity index (χ2n) is 3.60. The lowest BCUT2D eigenvalue weighted by Gasteiger charge is -2.02. The quantitative estimate of drug-likeness (QED) is 0.717. The van der Waals surface area contributed by atoms with Crippen molar-refractivity contribution in [2.45, 2.75) is 6.61 Å². The highest BCUT2D eigenvalue weighted by molar-refractivity contribution is 5.46. The van der Waals surface area contributed by atoms with E-state index in [2.05, 4.69) is 10.2 Å². The van der Waals surface area contributed by atoms with Gasteiger partial charge in [-0.15, -0.1) is 0 Å². The Kier molecular flexibility index (Phi) is 4.00. The molecule has 3 heteroatoms. The summed E-state index contributed by atoms with van der Waals surface area (Å²) in [5.74, 6) is 0. The van der Waals surface area contributed by atoms with Gasteiger partial charge in [-0.1, -0.05) is 36.4 Å². The summed E-state index contributed by atoms with van der Waals surface area (Å²) >= 11 is 0. The second kappa shape index (κ2) is 5.92. The first-order valence-corrected chi connectivity index (χ1v) is 5.44. The van der Waals surface area contributed by atoms with Gasteiger partial charge in [-0.2, -0.15) is 10.2 Å². The molecule has 0 spiro atoms. The topological polar surface area (TPSA) is 34.0 Å². The Hall–Kier alpha value is -2.00. The summed E-state index contributed by atoms with van der Waals surface area (Å²) in [6.45, 7) is 0.546. The van der Waals surface area contributed by atoms with E-state index in [1.165, 1.54) is 0 Å². The standard InChI is InChI=1S/C14H14N2O/c1-17-11-12-7-5-6-10-14(12)16-15-13-8-3-2-4-9-13/h2-10H,11H2,1H3. The first-order chi connectivity index (χ1) is 8.40. The van der Waals surface area contributed by atoms with Gasteiger partial charge in [-0.25, -0.2) is 0 Å². The number of benzene rings is 2. The molecule has 0 radical (unpaired) electrons. The minimum atomic E-state index is 0.546. The van der Waals surface area contributed by atoms with Crippen LogP contribution in [0.3, 0.4) is 0 Å². The molecule has 0 bridgehead atoms. The molecule has 0 aliphatic rings. The number of azo groups is 1. The maximum Gasteiger partial charge on any atom is 0.0912 e. The first kappa shape index (κ1) is 11.5. The number of rotatable bonds is 4. The van der Waals surface area contributed by atoms with Gasteiger partial charge in [-0.3, -0.25) is 0 Å². The van der Waals surface area contributed by atoms with E-state index >= 15 is 0 Å². The normalized spacial score (nSPS) is 10.9. The fraction of sp³-hybridized carbons (Fsp3) is 0.143. The van der Waals surface area contributed by atoms with E-state index in [0.717, 1.165) is 16.9 Å². The summed E-state index contributed by atoms with van der Waals surface area (Å²) < 4.78 is 5.12. The molecule has 2 aromatic rings. The van der Waals surface area contributed by atoms with E-state index in [4.69, 9.17) is 4.74 Å². The third kappa shape index (κ3) is 3.23. The summed E-state index contributed by atoms with van der Waals surface area (Å²) in [6.07, 6.45) is 0. The van der Waals surface area contributed by atoms with Crippen molar-refractivity contribution in [3.63, 3.8) is 0 Å². The molecule has 0 aromatic heterocycles. The number of ether oxygens (including phenoxy) is 1. The monoisotopic (exact) mass is 226 g/mol. The van der Waals surface area contributed by atoms with Crippen molar-refractivity contribution in [2.75, 3.05) is 7.11 Å². The molecule has 0 saturated heterocycles. The predicted molar refractivity (Wildman–Crippen MR) is 67.8 cm³/mol. The lowest BCUT2D eigenvalue weighted by molar-refractivity contribution is 0.185. The Morgan fingerprint density at radius 2 is 1.59 bits per heavy atom. The molecular formula is C14H14N2O. The van der Waals surface area contributed by atoms with Crippen LogP contribution in [0.1, 0.15) is 5.56 Å². The van der Waals surface area contributed by atoms with Crippen molar-refractivity contribution in [3.8, 4) is 0 Å². The molecule has 0 heterocycles. The highest BCUT2D eigenvalue weighted by Crippen LogP contribution is 2.22. The number of hydrogen-bond donors (Lipinski definition) is 0. The van der Waals surface area contributed by atoms with Gasteiger partial charge in [0, 0.05) is 12.7 Å². The average Bonchev–Trinajstić information content (AvgIpc) is 2.39. The Morgan fingerprint density at radius 1 is 0.882 bits per heavy atom. The SMILES string of the molecule is COCc1ccccc1N=Nc1ccccc1. The smallest absolute Gasteiger partial charge is 0.0912 e. The van der Waals surface area contributed by atoms with Crippen LogP contribution in [0.2, 0.25) is 0 Å². The molecule has 0 saturated carbocycles. The maximum atomic E-state index is 5.12. The van der Waals surface area contributed by atoms with E-state index in [9.17, 15) is 0 Å². The van der Waals surface area contributed by atoms with Crippen LogP contribution in [0, 0.1) is 0 Å². The van der Waals surface area contributed by atoms with Gasteiger partial charge in [0.2, 0.25) is 0 Å². The summed E-state index contributed by atoms with van der Waals surface area (Å²) in [5.41, 5.74) is 2.73. The van der Waals surface area contributed by atoms with Crippen LogP contribution >= 0.6 is 0 Å². The minimum absolute atomic E-state index is 0.546. The van der Waals surface area contributed by atoms with Crippen LogP contribution in [0.25, 0.3) is 0 Å². The Bertz CT molecular complexity index is 495. The lowest BCUT2D eigenvalue weighted by Crippen LogP contribution is -1.86. The van der Waals surface area contributed by atoms with Crippen molar-refractivity contribution in [2.24, 2.45) is 10.2 Å². The Balaban J connectivity index is 2.21. The molecule has 2 rings (SSSR count). The van der Waals surface area contributed by atoms with Gasteiger partial charge in [-0.05, 0) is 18.2 Å². The van der Waals surface area contributed by atoms with Gasteiger partial charge in [0.05, 0.1) is 18.0 Å². The van der Waals surface area contributed by atoms with Gasteiger partial charge in [0.1, 0.15) is 0 Å². The molecule has 0 aliphatic heterocycles. The fourth-order valence-electron chi connectivity index (χ4n) is 1.49. The average molecular weight is 226 g/mol. The molecule has 3 nitrogen and oxygen atoms in total. The van der Waals surface area contributed by atoms with Crippen molar-refractivity contribution < 1.29 is 4.74 Å². The maximum absolute atomic E-state index is 5.12. The minimum Gasteiger partial charge on any atom is -0.380 e. The molecule has 0 amide bonds. The van der Waals surface area contributed by atoms with E-state index in [0.29, 0.717) is 6.61 Å². The van der Waals surface area contributed by atoms with Crippen LogP contribution in [-0.4, -0.2) is 7.11 Å². The first-order valence-electron chi connectivity index (χ1n) is 5.44. The van der Waals surface area contributed by atoms with E-state index in [1.807, 2.05) is 54.6 Å². The molecular weight excluding hydrogens is 212 g/mol. The molecule has 0 unspecified atom stereocenters. The second-order valence-corrected chi connectivity index (χ2v) is 3.60. The number of methoxy groups -OCH3 is 1. The van der Waals surface area contributed by atoms with Crippen LogP contribution in [-0.2, 0) is 11.3 Å². The summed E-state index contributed by atoms with van der Waals surface area (Å²) in [5, 5.41) is 8.43. The lowest BCUT2D eigenvalue weighted by atomic mass is 10.2. The zero-order valence-electron chi connectivity index (χ0n) is 9.71. The predicted octanol–water partition coefficient (Wildman–Crippen LogP) is 4.25. The highest BCUT2D eigenvalue weighted by Gasteiger charge is 1.99. The molecule has 0 N–H and O–H groups in total. The summed E-state index contributed by atoms with van der Waals surface area (Å²) in [4.78, 5) is 0. The van der Waals surface area contributed by atoms with Gasteiger partial charge in [0.15, 0.2) is 0 Å². The molecule has 17 heavy (non-hydrogen) atoms. The van der Waals surface area contributed by atoms with Crippen molar-refractivity contribution in [3.05, 3.63) is 60.2 Å². The summed E-state index contributed by atoms with van der Waals surface area (Å²) in [6, 6.07) is 17.5. The van der Waals surface area contributed by atoms with Crippen molar-refractivity contribution >= 4 is 11.4 Å². The van der Waals surface area contributed by atoms with Crippen LogP contribution in [0.5, 0.6) is 0 Å². The fourth-order valence-corrected chi connectivity index (χ4v) is 1.49. The van der Waals surface area contributed by atoms with E-state index in [1.54, 1.807) is 7.11 Å². The number of hydrogen-bond acceptors (Lipinski definition) is 3. The number of nitrogens with zero attached hydrogens (tertiary/aromatic N) is 2. The van der Waals surface area contributed by atoms with Gasteiger partial charge in [0.25, 0.3) is 0 Å². The van der Waals surface area contributed by atoms with Crippen molar-refractivity contribution in [1.82, 2.24) is 0 Å².